The second kappa shape index (κ2) is 7.62. The lowest BCUT2D eigenvalue weighted by Gasteiger charge is -2.08. The molecule has 1 atom stereocenters. The third-order valence-electron chi connectivity index (χ3n) is 4.06. The molecule has 27 heavy (non-hydrogen) atoms. The number of nitriles is 1. The molecule has 0 bridgehead atoms. The molecule has 0 spiro atoms. The molecule has 0 aliphatic rings. The van der Waals surface area contributed by atoms with E-state index in [1.165, 1.54) is 6.92 Å². The van der Waals surface area contributed by atoms with Crippen LogP contribution in [-0.2, 0) is 9.53 Å². The predicted molar refractivity (Wildman–Crippen MR) is 98.9 cm³/mol. The number of carbonyl (C=O) groups excluding carboxylic acids is 2. The Bertz CT molecular complexity index is 1060. The first-order valence-corrected chi connectivity index (χ1v) is 8.18. The maximum atomic E-state index is 12.1. The first-order valence-electron chi connectivity index (χ1n) is 8.18. The Morgan fingerprint density at radius 1 is 1.22 bits per heavy atom. The van der Waals surface area contributed by atoms with E-state index >= 15 is 0 Å². The van der Waals surface area contributed by atoms with E-state index in [1.54, 1.807) is 36.7 Å². The largest absolute Gasteiger partial charge is 0.454 e. The summed E-state index contributed by atoms with van der Waals surface area (Å²) in [7, 11) is 0. The van der Waals surface area contributed by atoms with Crippen LogP contribution in [0.4, 0.5) is 0 Å². The molecule has 0 saturated carbocycles. The van der Waals surface area contributed by atoms with Gasteiger partial charge in [-0.3, -0.25) is 9.36 Å². The van der Waals surface area contributed by atoms with E-state index in [0.29, 0.717) is 0 Å². The molecule has 0 saturated heterocycles. The number of hydrogen-bond acceptors (Lipinski definition) is 6. The van der Waals surface area contributed by atoms with Crippen molar-refractivity contribution in [3.63, 3.8) is 0 Å². The number of esters is 1. The van der Waals surface area contributed by atoms with Gasteiger partial charge in [-0.1, -0.05) is 12.1 Å². The third-order valence-corrected chi connectivity index (χ3v) is 4.06. The Morgan fingerprint density at radius 2 is 1.93 bits per heavy atom. The molecular weight excluding hydrogens is 344 g/mol. The van der Waals surface area contributed by atoms with Crippen LogP contribution in [0.1, 0.15) is 17.3 Å². The van der Waals surface area contributed by atoms with Crippen LogP contribution < -0.4 is 0 Å². The van der Waals surface area contributed by atoms with E-state index in [9.17, 15) is 9.59 Å². The quantitative estimate of drug-likeness (QED) is 0.537. The average Bonchev–Trinajstić information content (AvgIpc) is 3.10. The summed E-state index contributed by atoms with van der Waals surface area (Å²) in [6.07, 6.45) is 1.71. The van der Waals surface area contributed by atoms with Crippen LogP contribution >= 0.6 is 0 Å². The highest BCUT2D eigenvalue weighted by molar-refractivity contribution is 6.06. The zero-order valence-corrected chi connectivity index (χ0v) is 14.5. The van der Waals surface area contributed by atoms with Crippen molar-refractivity contribution in [2.24, 2.45) is 5.92 Å². The molecule has 1 aromatic heterocycles. The van der Waals surface area contributed by atoms with Crippen molar-refractivity contribution in [1.29, 1.82) is 10.7 Å². The number of ketones is 1. The van der Waals surface area contributed by atoms with Gasteiger partial charge in [0.1, 0.15) is 12.2 Å². The van der Waals surface area contributed by atoms with Gasteiger partial charge in [0.25, 0.3) is 0 Å². The molecule has 1 unspecified atom stereocenters. The number of aromatic nitrogens is 2. The number of para-hydroxylation sites is 2. The minimum Gasteiger partial charge on any atom is -0.454 e. The molecule has 0 fully saturated rings. The standard InChI is InChI=1S/C20H16N4O3/c1-13(22)16(10-21)19(25)11-27-20(26)14-6-8-15(9-7-14)24-12-23-17-4-2-3-5-18(17)24/h2-9,12,16,22H,11H2,1H3. The molecule has 0 radical (unpaired) electrons. The van der Waals surface area contributed by atoms with Crippen LogP contribution in [0.5, 0.6) is 0 Å². The fourth-order valence-electron chi connectivity index (χ4n) is 2.64. The maximum absolute atomic E-state index is 12.1. The van der Waals surface area contributed by atoms with E-state index in [4.69, 9.17) is 15.4 Å². The van der Waals surface area contributed by atoms with Crippen molar-refractivity contribution in [3.05, 3.63) is 60.4 Å². The Morgan fingerprint density at radius 3 is 2.59 bits per heavy atom. The zero-order chi connectivity index (χ0) is 19.4. The second-order valence-electron chi connectivity index (χ2n) is 5.94. The number of rotatable bonds is 6. The van der Waals surface area contributed by atoms with Gasteiger partial charge >= 0.3 is 5.97 Å². The summed E-state index contributed by atoms with van der Waals surface area (Å²) in [6.45, 7) is 0.827. The Labute approximate surface area is 155 Å². The van der Waals surface area contributed by atoms with Crippen LogP contribution in [0.25, 0.3) is 16.7 Å². The molecule has 0 aliphatic heterocycles. The highest BCUT2D eigenvalue weighted by atomic mass is 16.5. The SMILES string of the molecule is CC(=N)C(C#N)C(=O)COC(=O)c1ccc(-n2cnc3ccccc32)cc1. The van der Waals surface area contributed by atoms with Crippen LogP contribution in [0, 0.1) is 22.7 Å². The van der Waals surface area contributed by atoms with Gasteiger partial charge in [-0.15, -0.1) is 0 Å². The number of imidazole rings is 1. The molecule has 7 heteroatoms. The van der Waals surface area contributed by atoms with Gasteiger partial charge in [0.05, 0.1) is 22.7 Å². The minimum atomic E-state index is -1.19. The Kier molecular flexibility index (Phi) is 5.08. The molecule has 0 aliphatic carbocycles. The summed E-state index contributed by atoms with van der Waals surface area (Å²) in [5, 5.41) is 16.3. The number of ether oxygens (including phenoxy) is 1. The van der Waals surface area contributed by atoms with Crippen LogP contribution in [0.2, 0.25) is 0 Å². The predicted octanol–water partition coefficient (Wildman–Crippen LogP) is 2.93. The fraction of sp³-hybridized carbons (Fsp3) is 0.150. The summed E-state index contributed by atoms with van der Waals surface area (Å²) < 4.78 is 6.87. The van der Waals surface area contributed by atoms with E-state index < -0.39 is 24.3 Å². The summed E-state index contributed by atoms with van der Waals surface area (Å²) in [6, 6.07) is 16.1. The number of fused-ring (bicyclic) bond motifs is 1. The summed E-state index contributed by atoms with van der Waals surface area (Å²) >= 11 is 0. The first kappa shape index (κ1) is 18.0. The molecule has 2 aromatic carbocycles. The molecule has 134 valence electrons. The number of nitrogens with zero attached hydrogens (tertiary/aromatic N) is 3. The van der Waals surface area contributed by atoms with Gasteiger partial charge in [0, 0.05) is 11.4 Å². The molecule has 0 amide bonds. The Hall–Kier alpha value is -3.79. The normalized spacial score (nSPS) is 11.6. The van der Waals surface area contributed by atoms with E-state index in [2.05, 4.69) is 4.98 Å². The monoisotopic (exact) mass is 360 g/mol. The molecular formula is C20H16N4O3. The summed E-state index contributed by atoms with van der Waals surface area (Å²) in [5.41, 5.74) is 2.86. The maximum Gasteiger partial charge on any atom is 0.338 e. The lowest BCUT2D eigenvalue weighted by molar-refractivity contribution is -0.122. The van der Waals surface area contributed by atoms with Crippen molar-refractivity contribution >= 4 is 28.5 Å². The van der Waals surface area contributed by atoms with Crippen LogP contribution in [-0.4, -0.2) is 33.6 Å². The number of Topliss-reactive ketones (excluding diaryl/α,β-unsaturated/α-hetero) is 1. The lowest BCUT2D eigenvalue weighted by Crippen LogP contribution is -2.25. The molecule has 1 N–H and O–H groups in total. The van der Waals surface area contributed by atoms with Gasteiger partial charge in [0.2, 0.25) is 0 Å². The number of benzene rings is 2. The lowest BCUT2D eigenvalue weighted by atomic mass is 10.0. The number of nitrogens with one attached hydrogen (secondary N) is 1. The zero-order valence-electron chi connectivity index (χ0n) is 14.5. The van der Waals surface area contributed by atoms with Gasteiger partial charge in [0.15, 0.2) is 12.4 Å². The van der Waals surface area contributed by atoms with Crippen molar-refractivity contribution < 1.29 is 14.3 Å². The van der Waals surface area contributed by atoms with Gasteiger partial charge in [-0.25, -0.2) is 9.78 Å². The molecule has 1 heterocycles. The van der Waals surface area contributed by atoms with Gasteiger partial charge < -0.3 is 10.1 Å². The van der Waals surface area contributed by atoms with Crippen LogP contribution in [0.15, 0.2) is 54.9 Å². The van der Waals surface area contributed by atoms with E-state index in [0.717, 1.165) is 16.7 Å². The smallest absolute Gasteiger partial charge is 0.338 e. The molecule has 3 rings (SSSR count). The highest BCUT2D eigenvalue weighted by Crippen LogP contribution is 2.18. The van der Waals surface area contributed by atoms with Gasteiger partial charge in [-0.05, 0) is 43.3 Å². The third kappa shape index (κ3) is 3.75. The average molecular weight is 360 g/mol. The van der Waals surface area contributed by atoms with Crippen molar-refractivity contribution in [3.8, 4) is 11.8 Å². The van der Waals surface area contributed by atoms with Gasteiger partial charge in [-0.2, -0.15) is 5.26 Å². The number of hydrogen-bond donors (Lipinski definition) is 1. The van der Waals surface area contributed by atoms with Crippen molar-refractivity contribution in [2.75, 3.05) is 6.61 Å². The van der Waals surface area contributed by atoms with Crippen molar-refractivity contribution in [2.45, 2.75) is 6.92 Å². The Balaban J connectivity index is 1.70. The van der Waals surface area contributed by atoms with E-state index in [1.807, 2.05) is 28.8 Å². The molecule has 7 nitrogen and oxygen atoms in total. The molecule has 3 aromatic rings. The fourth-order valence-corrected chi connectivity index (χ4v) is 2.64. The number of carbonyl (C=O) groups is 2. The summed E-state index contributed by atoms with van der Waals surface area (Å²) in [5.74, 6) is -2.46. The van der Waals surface area contributed by atoms with Crippen LogP contribution in [0.3, 0.4) is 0 Å². The highest BCUT2D eigenvalue weighted by Gasteiger charge is 2.21. The van der Waals surface area contributed by atoms with Crippen molar-refractivity contribution in [1.82, 2.24) is 9.55 Å². The second-order valence-corrected chi connectivity index (χ2v) is 5.94. The topological polar surface area (TPSA) is 109 Å². The summed E-state index contributed by atoms with van der Waals surface area (Å²) in [4.78, 5) is 28.3. The minimum absolute atomic E-state index is 0.0736. The van der Waals surface area contributed by atoms with E-state index in [-0.39, 0.29) is 11.3 Å². The first-order chi connectivity index (χ1) is 13.0.